The Morgan fingerprint density at radius 2 is 2.00 bits per heavy atom. The minimum Gasteiger partial charge on any atom is -0.327 e. The molecule has 1 heterocycles. The maximum atomic E-state index is 11.5. The van der Waals surface area contributed by atoms with Crippen LogP contribution in [0.2, 0.25) is 0 Å². The molecule has 0 aromatic carbocycles. The van der Waals surface area contributed by atoms with E-state index in [2.05, 4.69) is 9.97 Å². The minimum atomic E-state index is -3.18. The lowest BCUT2D eigenvalue weighted by molar-refractivity contribution is 0.588. The van der Waals surface area contributed by atoms with Crippen LogP contribution in [-0.2, 0) is 15.6 Å². The molecule has 1 unspecified atom stereocenters. The van der Waals surface area contributed by atoms with Crippen molar-refractivity contribution in [2.45, 2.75) is 18.7 Å². The van der Waals surface area contributed by atoms with Crippen LogP contribution in [0.25, 0.3) is 0 Å². The fourth-order valence-electron chi connectivity index (χ4n) is 1.06. The lowest BCUT2D eigenvalue weighted by atomic mass is 10.4. The zero-order valence-corrected chi connectivity index (χ0v) is 8.74. The van der Waals surface area contributed by atoms with Gasteiger partial charge in [-0.2, -0.15) is 0 Å². The zero-order chi connectivity index (χ0) is 10.6. The van der Waals surface area contributed by atoms with Gasteiger partial charge in [0.15, 0.2) is 9.84 Å². The van der Waals surface area contributed by atoms with Gasteiger partial charge in [0.25, 0.3) is 0 Å². The average molecular weight is 215 g/mol. The first kappa shape index (κ1) is 11.1. The summed E-state index contributed by atoms with van der Waals surface area (Å²) in [5, 5.41) is 0. The quantitative estimate of drug-likeness (QED) is 0.747. The summed E-state index contributed by atoms with van der Waals surface area (Å²) in [4.78, 5) is 7.68. The second-order valence-electron chi connectivity index (χ2n) is 3.20. The van der Waals surface area contributed by atoms with Crippen molar-refractivity contribution in [1.29, 1.82) is 0 Å². The highest BCUT2D eigenvalue weighted by molar-refractivity contribution is 7.90. The monoisotopic (exact) mass is 215 g/mol. The Hall–Kier alpha value is -1.01. The SMILES string of the molecule is CC(N)CS(=O)(=O)Cc1ncccn1. The van der Waals surface area contributed by atoms with Crippen LogP contribution in [0.15, 0.2) is 18.5 Å². The first-order chi connectivity index (χ1) is 6.49. The van der Waals surface area contributed by atoms with Crippen molar-refractivity contribution in [1.82, 2.24) is 9.97 Å². The van der Waals surface area contributed by atoms with E-state index < -0.39 is 9.84 Å². The molecule has 5 nitrogen and oxygen atoms in total. The van der Waals surface area contributed by atoms with E-state index in [1.165, 1.54) is 12.4 Å². The van der Waals surface area contributed by atoms with E-state index in [-0.39, 0.29) is 17.5 Å². The molecule has 0 fully saturated rings. The fourth-order valence-corrected chi connectivity index (χ4v) is 2.52. The Kier molecular flexibility index (Phi) is 3.54. The molecule has 0 aliphatic heterocycles. The predicted octanol–water partition coefficient (Wildman–Crippen LogP) is -0.261. The van der Waals surface area contributed by atoms with Crippen molar-refractivity contribution in [3.8, 4) is 0 Å². The van der Waals surface area contributed by atoms with E-state index >= 15 is 0 Å². The Morgan fingerprint density at radius 1 is 1.43 bits per heavy atom. The summed E-state index contributed by atoms with van der Waals surface area (Å²) in [6.07, 6.45) is 3.04. The second-order valence-corrected chi connectivity index (χ2v) is 5.31. The summed E-state index contributed by atoms with van der Waals surface area (Å²) in [6.45, 7) is 1.66. The van der Waals surface area contributed by atoms with Crippen LogP contribution >= 0.6 is 0 Å². The van der Waals surface area contributed by atoms with Crippen molar-refractivity contribution < 1.29 is 8.42 Å². The van der Waals surface area contributed by atoms with Gasteiger partial charge >= 0.3 is 0 Å². The van der Waals surface area contributed by atoms with Crippen molar-refractivity contribution in [2.75, 3.05) is 5.75 Å². The maximum absolute atomic E-state index is 11.5. The van der Waals surface area contributed by atoms with Gasteiger partial charge in [-0.1, -0.05) is 0 Å². The number of nitrogens with two attached hydrogens (primary N) is 1. The Bertz CT molecular complexity index is 375. The Labute approximate surface area is 83.3 Å². The highest BCUT2D eigenvalue weighted by Gasteiger charge is 2.15. The number of nitrogens with zero attached hydrogens (tertiary/aromatic N) is 2. The van der Waals surface area contributed by atoms with Crippen molar-refractivity contribution in [2.24, 2.45) is 5.73 Å². The van der Waals surface area contributed by atoms with Crippen molar-refractivity contribution in [3.63, 3.8) is 0 Å². The van der Waals surface area contributed by atoms with Crippen LogP contribution in [0.3, 0.4) is 0 Å². The van der Waals surface area contributed by atoms with E-state index in [0.717, 1.165) is 0 Å². The first-order valence-electron chi connectivity index (χ1n) is 4.21. The summed E-state index contributed by atoms with van der Waals surface area (Å²) in [5.74, 6) is 0.133. The Morgan fingerprint density at radius 3 is 2.50 bits per heavy atom. The standard InChI is InChI=1S/C8H13N3O2S/c1-7(9)5-14(12,13)6-8-10-3-2-4-11-8/h2-4,7H,5-6,9H2,1H3. The molecule has 0 amide bonds. The minimum absolute atomic E-state index is 0.0365. The summed E-state index contributed by atoms with van der Waals surface area (Å²) in [5.41, 5.74) is 5.41. The number of sulfone groups is 1. The molecule has 1 atom stereocenters. The molecule has 0 spiro atoms. The molecular formula is C8H13N3O2S. The van der Waals surface area contributed by atoms with Gasteiger partial charge in [-0.15, -0.1) is 0 Å². The van der Waals surface area contributed by atoms with E-state index in [1.807, 2.05) is 0 Å². The van der Waals surface area contributed by atoms with Crippen LogP contribution in [-0.4, -0.2) is 30.2 Å². The topological polar surface area (TPSA) is 85.9 Å². The fraction of sp³-hybridized carbons (Fsp3) is 0.500. The van der Waals surface area contributed by atoms with Crippen LogP contribution in [0.1, 0.15) is 12.7 Å². The molecule has 1 rings (SSSR count). The van der Waals surface area contributed by atoms with Gasteiger partial charge in [-0.3, -0.25) is 0 Å². The molecule has 0 saturated heterocycles. The third-order valence-corrected chi connectivity index (χ3v) is 3.22. The van der Waals surface area contributed by atoms with Gasteiger partial charge in [0.1, 0.15) is 11.6 Å². The zero-order valence-electron chi connectivity index (χ0n) is 7.92. The third-order valence-electron chi connectivity index (χ3n) is 1.49. The van der Waals surface area contributed by atoms with E-state index in [0.29, 0.717) is 5.82 Å². The van der Waals surface area contributed by atoms with E-state index in [9.17, 15) is 8.42 Å². The van der Waals surface area contributed by atoms with E-state index in [4.69, 9.17) is 5.73 Å². The summed E-state index contributed by atoms with van der Waals surface area (Å²) in [7, 11) is -3.18. The molecule has 78 valence electrons. The lowest BCUT2D eigenvalue weighted by Gasteiger charge is -2.05. The van der Waals surface area contributed by atoms with Crippen molar-refractivity contribution in [3.05, 3.63) is 24.3 Å². The van der Waals surface area contributed by atoms with Crippen LogP contribution in [0.5, 0.6) is 0 Å². The van der Waals surface area contributed by atoms with E-state index in [1.54, 1.807) is 13.0 Å². The van der Waals surface area contributed by atoms with Crippen LogP contribution in [0.4, 0.5) is 0 Å². The molecule has 0 radical (unpaired) electrons. The molecule has 14 heavy (non-hydrogen) atoms. The molecule has 6 heteroatoms. The predicted molar refractivity (Wildman–Crippen MR) is 53.2 cm³/mol. The molecule has 1 aromatic rings. The number of rotatable bonds is 4. The van der Waals surface area contributed by atoms with Gasteiger partial charge in [-0.25, -0.2) is 18.4 Å². The third kappa shape index (κ3) is 3.80. The maximum Gasteiger partial charge on any atom is 0.159 e. The highest BCUT2D eigenvalue weighted by Crippen LogP contribution is 2.01. The number of aromatic nitrogens is 2. The average Bonchev–Trinajstić information content (AvgIpc) is 2.02. The smallest absolute Gasteiger partial charge is 0.159 e. The lowest BCUT2D eigenvalue weighted by Crippen LogP contribution is -2.27. The summed E-state index contributed by atoms with van der Waals surface area (Å²) >= 11 is 0. The normalized spacial score (nSPS) is 13.9. The number of hydrogen-bond acceptors (Lipinski definition) is 5. The molecule has 2 N–H and O–H groups in total. The van der Waals surface area contributed by atoms with Gasteiger partial charge in [0.2, 0.25) is 0 Å². The summed E-state index contributed by atoms with van der Waals surface area (Å²) in [6, 6.07) is 1.28. The highest BCUT2D eigenvalue weighted by atomic mass is 32.2. The molecule has 0 bridgehead atoms. The molecular weight excluding hydrogens is 202 g/mol. The first-order valence-corrected chi connectivity index (χ1v) is 6.03. The number of hydrogen-bond donors (Lipinski definition) is 1. The van der Waals surface area contributed by atoms with Gasteiger partial charge in [-0.05, 0) is 13.0 Å². The Balaban J connectivity index is 2.70. The van der Waals surface area contributed by atoms with Crippen LogP contribution in [0, 0.1) is 0 Å². The summed E-state index contributed by atoms with van der Waals surface area (Å²) < 4.78 is 22.9. The molecule has 0 aliphatic carbocycles. The van der Waals surface area contributed by atoms with Gasteiger partial charge in [0.05, 0.1) is 5.75 Å². The van der Waals surface area contributed by atoms with Crippen molar-refractivity contribution >= 4 is 9.84 Å². The largest absolute Gasteiger partial charge is 0.327 e. The molecule has 0 aliphatic rings. The molecule has 0 saturated carbocycles. The molecule has 1 aromatic heterocycles. The second kappa shape index (κ2) is 4.47. The van der Waals surface area contributed by atoms with Gasteiger partial charge < -0.3 is 5.73 Å². The van der Waals surface area contributed by atoms with Gasteiger partial charge in [0, 0.05) is 18.4 Å². The van der Waals surface area contributed by atoms with Crippen LogP contribution < -0.4 is 5.73 Å².